The summed E-state index contributed by atoms with van der Waals surface area (Å²) in [5.74, 6) is 0. The molecule has 0 radical (unpaired) electrons. The Morgan fingerprint density at radius 3 is 1.93 bits per heavy atom. The SMILES string of the molecule is CN1CCNC(c2ccc3ccccc3c2)C1c1ccc2ccccc2c1. The first kappa shape index (κ1) is 16.5. The van der Waals surface area contributed by atoms with Crippen molar-refractivity contribution in [2.75, 3.05) is 20.1 Å². The average molecular weight is 352 g/mol. The van der Waals surface area contributed by atoms with Gasteiger partial charge in [0.1, 0.15) is 0 Å². The third kappa shape index (κ3) is 3.01. The monoisotopic (exact) mass is 352 g/mol. The van der Waals surface area contributed by atoms with Crippen LogP contribution in [0.1, 0.15) is 23.2 Å². The van der Waals surface area contributed by atoms with E-state index >= 15 is 0 Å². The van der Waals surface area contributed by atoms with Crippen molar-refractivity contribution in [3.63, 3.8) is 0 Å². The number of rotatable bonds is 2. The maximum atomic E-state index is 3.79. The Bertz CT molecular complexity index is 1100. The molecule has 0 aliphatic carbocycles. The van der Waals surface area contributed by atoms with Gasteiger partial charge in [0.25, 0.3) is 0 Å². The first-order chi connectivity index (χ1) is 13.3. The van der Waals surface area contributed by atoms with Gasteiger partial charge in [-0.2, -0.15) is 0 Å². The zero-order valence-electron chi connectivity index (χ0n) is 15.6. The molecule has 0 saturated carbocycles. The molecule has 4 aromatic rings. The number of piperazine rings is 1. The number of hydrogen-bond acceptors (Lipinski definition) is 2. The molecule has 134 valence electrons. The van der Waals surface area contributed by atoms with Crippen LogP contribution >= 0.6 is 0 Å². The molecule has 4 aromatic carbocycles. The van der Waals surface area contributed by atoms with Crippen molar-refractivity contribution in [1.82, 2.24) is 10.2 Å². The van der Waals surface area contributed by atoms with Crippen LogP contribution in [0.25, 0.3) is 21.5 Å². The minimum atomic E-state index is 0.287. The molecule has 2 nitrogen and oxygen atoms in total. The standard InChI is InChI=1S/C25H24N2/c1-27-15-14-26-24(22-12-10-18-6-2-4-8-20(18)16-22)25(27)23-13-11-19-7-3-5-9-21(19)17-23/h2-13,16-17,24-26H,14-15H2,1H3. The Kier molecular flexibility index (Phi) is 4.16. The largest absolute Gasteiger partial charge is 0.307 e. The highest BCUT2D eigenvalue weighted by molar-refractivity contribution is 5.84. The number of benzene rings is 4. The topological polar surface area (TPSA) is 15.3 Å². The minimum Gasteiger partial charge on any atom is -0.307 e. The van der Waals surface area contributed by atoms with Crippen LogP contribution in [0.3, 0.4) is 0 Å². The van der Waals surface area contributed by atoms with E-state index in [0.29, 0.717) is 6.04 Å². The van der Waals surface area contributed by atoms with Crippen LogP contribution in [0.4, 0.5) is 0 Å². The minimum absolute atomic E-state index is 0.287. The summed E-state index contributed by atoms with van der Waals surface area (Å²) < 4.78 is 0. The molecule has 2 heteroatoms. The highest BCUT2D eigenvalue weighted by Crippen LogP contribution is 2.37. The van der Waals surface area contributed by atoms with Gasteiger partial charge in [-0.1, -0.05) is 72.8 Å². The molecule has 0 aromatic heterocycles. The molecule has 0 spiro atoms. The van der Waals surface area contributed by atoms with E-state index in [1.807, 2.05) is 0 Å². The predicted molar refractivity (Wildman–Crippen MR) is 114 cm³/mol. The van der Waals surface area contributed by atoms with Gasteiger partial charge in [-0.15, -0.1) is 0 Å². The van der Waals surface area contributed by atoms with Crippen LogP contribution in [-0.4, -0.2) is 25.0 Å². The van der Waals surface area contributed by atoms with Gasteiger partial charge < -0.3 is 5.32 Å². The summed E-state index contributed by atoms with van der Waals surface area (Å²) in [4.78, 5) is 2.49. The van der Waals surface area contributed by atoms with Gasteiger partial charge in [-0.25, -0.2) is 0 Å². The maximum absolute atomic E-state index is 3.79. The van der Waals surface area contributed by atoms with Crippen molar-refractivity contribution in [2.45, 2.75) is 12.1 Å². The molecular formula is C25H24N2. The number of fused-ring (bicyclic) bond motifs is 2. The second-order valence-corrected chi connectivity index (χ2v) is 7.57. The Hall–Kier alpha value is -2.68. The van der Waals surface area contributed by atoms with E-state index in [2.05, 4.69) is 102 Å². The van der Waals surface area contributed by atoms with Gasteiger partial charge in [0.15, 0.2) is 0 Å². The third-order valence-corrected chi connectivity index (χ3v) is 5.87. The van der Waals surface area contributed by atoms with E-state index in [1.165, 1.54) is 32.7 Å². The van der Waals surface area contributed by atoms with Gasteiger partial charge in [0, 0.05) is 13.1 Å². The lowest BCUT2D eigenvalue weighted by atomic mass is 9.88. The molecule has 1 aliphatic heterocycles. The molecule has 1 fully saturated rings. The number of nitrogens with zero attached hydrogens (tertiary/aromatic N) is 1. The van der Waals surface area contributed by atoms with Crippen molar-refractivity contribution in [3.8, 4) is 0 Å². The van der Waals surface area contributed by atoms with Gasteiger partial charge in [0.05, 0.1) is 12.1 Å². The quantitative estimate of drug-likeness (QED) is 0.526. The summed E-state index contributed by atoms with van der Waals surface area (Å²) >= 11 is 0. The normalized spacial score (nSPS) is 20.9. The fourth-order valence-corrected chi connectivity index (χ4v) is 4.44. The lowest BCUT2D eigenvalue weighted by Crippen LogP contribution is -2.46. The second kappa shape index (κ2) is 6.80. The van der Waals surface area contributed by atoms with E-state index in [4.69, 9.17) is 0 Å². The van der Waals surface area contributed by atoms with Crippen LogP contribution in [0.5, 0.6) is 0 Å². The molecule has 1 aliphatic rings. The Balaban J connectivity index is 1.60. The van der Waals surface area contributed by atoms with Crippen molar-refractivity contribution in [1.29, 1.82) is 0 Å². The molecule has 5 rings (SSSR count). The first-order valence-electron chi connectivity index (χ1n) is 9.71. The van der Waals surface area contributed by atoms with E-state index < -0.39 is 0 Å². The number of nitrogens with one attached hydrogen (secondary N) is 1. The van der Waals surface area contributed by atoms with Crippen molar-refractivity contribution in [2.24, 2.45) is 0 Å². The van der Waals surface area contributed by atoms with Crippen LogP contribution in [0.2, 0.25) is 0 Å². The lowest BCUT2D eigenvalue weighted by molar-refractivity contribution is 0.151. The van der Waals surface area contributed by atoms with Crippen LogP contribution in [0.15, 0.2) is 84.9 Å². The highest BCUT2D eigenvalue weighted by atomic mass is 15.2. The van der Waals surface area contributed by atoms with E-state index in [1.54, 1.807) is 0 Å². The first-order valence-corrected chi connectivity index (χ1v) is 9.71. The van der Waals surface area contributed by atoms with Crippen LogP contribution < -0.4 is 5.32 Å². The maximum Gasteiger partial charge on any atom is 0.0541 e. The molecule has 1 N–H and O–H groups in total. The smallest absolute Gasteiger partial charge is 0.0541 e. The summed E-state index contributed by atoms with van der Waals surface area (Å²) in [6, 6.07) is 31.6. The molecule has 2 unspecified atom stereocenters. The molecule has 2 atom stereocenters. The van der Waals surface area contributed by atoms with Gasteiger partial charge in [-0.3, -0.25) is 4.90 Å². The van der Waals surface area contributed by atoms with Gasteiger partial charge >= 0.3 is 0 Å². The summed E-state index contributed by atoms with van der Waals surface area (Å²) in [5, 5.41) is 9.00. The van der Waals surface area contributed by atoms with E-state index in [9.17, 15) is 0 Å². The zero-order valence-corrected chi connectivity index (χ0v) is 15.6. The summed E-state index contributed by atoms with van der Waals surface area (Å²) in [6.45, 7) is 2.07. The molecule has 27 heavy (non-hydrogen) atoms. The summed E-state index contributed by atoms with van der Waals surface area (Å²) in [7, 11) is 2.24. The fourth-order valence-electron chi connectivity index (χ4n) is 4.44. The summed E-state index contributed by atoms with van der Waals surface area (Å²) in [6.07, 6.45) is 0. The third-order valence-electron chi connectivity index (χ3n) is 5.87. The van der Waals surface area contributed by atoms with Gasteiger partial charge in [0.2, 0.25) is 0 Å². The molecule has 0 amide bonds. The lowest BCUT2D eigenvalue weighted by Gasteiger charge is -2.40. The number of likely N-dealkylation sites (N-methyl/N-ethyl adjacent to an activating group) is 1. The molecule has 1 saturated heterocycles. The van der Waals surface area contributed by atoms with Crippen LogP contribution in [0, 0.1) is 0 Å². The molecular weight excluding hydrogens is 328 g/mol. The van der Waals surface area contributed by atoms with Crippen molar-refractivity contribution >= 4 is 21.5 Å². The van der Waals surface area contributed by atoms with Crippen molar-refractivity contribution < 1.29 is 0 Å². The molecule has 0 bridgehead atoms. The van der Waals surface area contributed by atoms with E-state index in [0.717, 1.165) is 13.1 Å². The molecule has 1 heterocycles. The van der Waals surface area contributed by atoms with E-state index in [-0.39, 0.29) is 6.04 Å². The summed E-state index contributed by atoms with van der Waals surface area (Å²) in [5.41, 5.74) is 2.74. The van der Waals surface area contributed by atoms with Gasteiger partial charge in [-0.05, 0) is 51.9 Å². The highest BCUT2D eigenvalue weighted by Gasteiger charge is 2.31. The Morgan fingerprint density at radius 2 is 1.26 bits per heavy atom. The van der Waals surface area contributed by atoms with Crippen molar-refractivity contribution in [3.05, 3.63) is 96.1 Å². The predicted octanol–water partition coefficient (Wildman–Crippen LogP) is 5.31. The zero-order chi connectivity index (χ0) is 18.2. The number of hydrogen-bond donors (Lipinski definition) is 1. The Labute approximate surface area is 160 Å². The second-order valence-electron chi connectivity index (χ2n) is 7.57. The average Bonchev–Trinajstić information content (AvgIpc) is 2.73. The van der Waals surface area contributed by atoms with Crippen LogP contribution in [-0.2, 0) is 0 Å². The Morgan fingerprint density at radius 1 is 0.704 bits per heavy atom. The fraction of sp³-hybridized carbons (Fsp3) is 0.200.